The molecular weight excluding hydrogens is 335 g/mol. The van der Waals surface area contributed by atoms with Crippen LogP contribution in [-0.4, -0.2) is 31.3 Å². The third-order valence-electron chi connectivity index (χ3n) is 3.71. The minimum absolute atomic E-state index is 0.0106. The quantitative estimate of drug-likeness (QED) is 0.889. The lowest BCUT2D eigenvalue weighted by molar-refractivity contribution is 0.0652. The lowest BCUT2D eigenvalue weighted by Crippen LogP contribution is -2.42. The van der Waals surface area contributed by atoms with Crippen LogP contribution in [0.1, 0.15) is 37.0 Å². The van der Waals surface area contributed by atoms with E-state index in [1.54, 1.807) is 4.90 Å². The first-order valence-electron chi connectivity index (χ1n) is 6.38. The number of benzene rings is 1. The van der Waals surface area contributed by atoms with E-state index in [-0.39, 0.29) is 32.0 Å². The highest BCUT2D eigenvalue weighted by Crippen LogP contribution is 2.34. The zero-order valence-corrected chi connectivity index (χ0v) is 14.0. The van der Waals surface area contributed by atoms with Gasteiger partial charge in [-0.1, -0.05) is 23.2 Å². The molecule has 0 aliphatic carbocycles. The van der Waals surface area contributed by atoms with Crippen LogP contribution < -0.4 is 5.14 Å². The maximum atomic E-state index is 12.7. The molecule has 5 nitrogen and oxygen atoms in total. The molecule has 0 bridgehead atoms. The van der Waals surface area contributed by atoms with E-state index in [9.17, 15) is 13.2 Å². The minimum Gasteiger partial charge on any atom is -0.333 e. The Bertz CT molecular complexity index is 702. The Kier molecular flexibility index (Phi) is 4.28. The summed E-state index contributed by atoms with van der Waals surface area (Å²) in [5.41, 5.74) is -0.243. The van der Waals surface area contributed by atoms with Gasteiger partial charge in [-0.25, -0.2) is 13.6 Å². The van der Waals surface area contributed by atoms with Gasteiger partial charge in [-0.3, -0.25) is 4.79 Å². The van der Waals surface area contributed by atoms with E-state index in [0.717, 1.165) is 18.9 Å². The van der Waals surface area contributed by atoms with Crippen molar-refractivity contribution in [1.29, 1.82) is 0 Å². The zero-order chi connectivity index (χ0) is 16.0. The molecule has 1 saturated heterocycles. The van der Waals surface area contributed by atoms with Crippen molar-refractivity contribution in [2.24, 2.45) is 5.14 Å². The second kappa shape index (κ2) is 5.43. The predicted octanol–water partition coefficient (Wildman–Crippen LogP) is 2.66. The molecule has 116 valence electrons. The number of likely N-dealkylation sites (tertiary alicyclic amines) is 1. The number of amides is 1. The van der Waals surface area contributed by atoms with Crippen molar-refractivity contribution in [2.45, 2.75) is 37.1 Å². The van der Waals surface area contributed by atoms with Crippen LogP contribution in [0.15, 0.2) is 17.0 Å². The number of sulfonamides is 1. The van der Waals surface area contributed by atoms with Crippen molar-refractivity contribution < 1.29 is 13.2 Å². The first-order valence-corrected chi connectivity index (χ1v) is 8.68. The largest absolute Gasteiger partial charge is 0.333 e. The summed E-state index contributed by atoms with van der Waals surface area (Å²) in [7, 11) is -3.96. The van der Waals surface area contributed by atoms with Gasteiger partial charge in [0.15, 0.2) is 0 Å². The molecule has 0 atom stereocenters. The second-order valence-electron chi connectivity index (χ2n) is 5.68. The number of nitrogens with two attached hydrogens (primary N) is 1. The lowest BCUT2D eigenvalue weighted by Gasteiger charge is -2.32. The van der Waals surface area contributed by atoms with E-state index in [4.69, 9.17) is 28.3 Å². The van der Waals surface area contributed by atoms with Crippen LogP contribution in [0.25, 0.3) is 0 Å². The van der Waals surface area contributed by atoms with Crippen molar-refractivity contribution in [1.82, 2.24) is 4.90 Å². The lowest BCUT2D eigenvalue weighted by atomic mass is 10.0. The normalized spacial score (nSPS) is 18.0. The Morgan fingerprint density at radius 3 is 2.43 bits per heavy atom. The first kappa shape index (κ1) is 16.5. The van der Waals surface area contributed by atoms with Crippen molar-refractivity contribution in [3.8, 4) is 0 Å². The van der Waals surface area contributed by atoms with Crippen LogP contribution in [0, 0.1) is 0 Å². The van der Waals surface area contributed by atoms with Crippen LogP contribution in [0.4, 0.5) is 0 Å². The minimum atomic E-state index is -3.96. The van der Waals surface area contributed by atoms with Crippen molar-refractivity contribution in [2.75, 3.05) is 6.54 Å². The molecule has 0 saturated carbocycles. The van der Waals surface area contributed by atoms with Gasteiger partial charge in [0.25, 0.3) is 5.91 Å². The maximum absolute atomic E-state index is 12.7. The van der Waals surface area contributed by atoms with Crippen LogP contribution >= 0.6 is 23.2 Å². The molecule has 1 fully saturated rings. The summed E-state index contributed by atoms with van der Waals surface area (Å²) in [6.45, 7) is 4.51. The third-order valence-corrected chi connectivity index (χ3v) is 5.40. The smallest absolute Gasteiger partial charge is 0.255 e. The van der Waals surface area contributed by atoms with Gasteiger partial charge in [-0.2, -0.15) is 0 Å². The van der Waals surface area contributed by atoms with Gasteiger partial charge in [0.2, 0.25) is 10.0 Å². The number of carbonyl (C=O) groups excluding carboxylic acids is 1. The first-order chi connectivity index (χ1) is 9.54. The summed E-state index contributed by atoms with van der Waals surface area (Å²) in [5.74, 6) is -0.338. The molecule has 1 aromatic carbocycles. The fourth-order valence-electron chi connectivity index (χ4n) is 2.51. The highest BCUT2D eigenvalue weighted by Gasteiger charge is 2.37. The molecule has 8 heteroatoms. The molecule has 1 aliphatic rings. The second-order valence-corrected chi connectivity index (χ2v) is 8.03. The van der Waals surface area contributed by atoms with Gasteiger partial charge in [-0.05, 0) is 38.8 Å². The zero-order valence-electron chi connectivity index (χ0n) is 11.7. The fraction of sp³-hybridized carbons (Fsp3) is 0.462. The van der Waals surface area contributed by atoms with Gasteiger partial charge < -0.3 is 4.90 Å². The number of hydrogen-bond acceptors (Lipinski definition) is 3. The Morgan fingerprint density at radius 1 is 1.33 bits per heavy atom. The molecule has 1 aliphatic heterocycles. The van der Waals surface area contributed by atoms with E-state index < -0.39 is 10.0 Å². The van der Waals surface area contributed by atoms with Gasteiger partial charge in [0.1, 0.15) is 0 Å². The number of hydrogen-bond donors (Lipinski definition) is 1. The molecule has 0 radical (unpaired) electrons. The summed E-state index contributed by atoms with van der Waals surface area (Å²) in [4.78, 5) is 14.1. The maximum Gasteiger partial charge on any atom is 0.255 e. The van der Waals surface area contributed by atoms with Crippen LogP contribution in [-0.2, 0) is 10.0 Å². The van der Waals surface area contributed by atoms with E-state index in [2.05, 4.69) is 0 Å². The number of primary sulfonamides is 1. The van der Waals surface area contributed by atoms with Gasteiger partial charge in [0.05, 0.1) is 20.5 Å². The van der Waals surface area contributed by atoms with E-state index in [1.165, 1.54) is 6.07 Å². The number of rotatable bonds is 2. The highest BCUT2D eigenvalue weighted by atomic mass is 35.5. The average molecular weight is 351 g/mol. The van der Waals surface area contributed by atoms with E-state index in [1.807, 2.05) is 13.8 Å². The van der Waals surface area contributed by atoms with Gasteiger partial charge in [0, 0.05) is 12.1 Å². The molecule has 2 N–H and O–H groups in total. The Labute approximate surface area is 134 Å². The SMILES string of the molecule is CC1(C)CCCN1C(=O)c1cc(S(N)(=O)=O)cc(Cl)c1Cl. The van der Waals surface area contributed by atoms with Crippen LogP contribution in [0.3, 0.4) is 0 Å². The summed E-state index contributed by atoms with van der Waals surface area (Å²) in [6, 6.07) is 2.32. The van der Waals surface area contributed by atoms with E-state index in [0.29, 0.717) is 6.54 Å². The molecule has 1 amide bonds. The van der Waals surface area contributed by atoms with Crippen molar-refractivity contribution >= 4 is 39.1 Å². The number of carbonyl (C=O) groups is 1. The summed E-state index contributed by atoms with van der Waals surface area (Å²) < 4.78 is 22.9. The van der Waals surface area contributed by atoms with Gasteiger partial charge >= 0.3 is 0 Å². The Morgan fingerprint density at radius 2 is 1.95 bits per heavy atom. The molecule has 0 unspecified atom stereocenters. The molecule has 1 heterocycles. The van der Waals surface area contributed by atoms with Crippen LogP contribution in [0.2, 0.25) is 10.0 Å². The predicted molar refractivity (Wildman–Crippen MR) is 82.2 cm³/mol. The summed E-state index contributed by atoms with van der Waals surface area (Å²) in [6.07, 6.45) is 1.76. The molecule has 0 spiro atoms. The fourth-order valence-corrected chi connectivity index (χ4v) is 3.55. The third kappa shape index (κ3) is 3.18. The topological polar surface area (TPSA) is 80.5 Å². The molecule has 1 aromatic rings. The Balaban J connectivity index is 2.53. The Hall–Kier alpha value is -0.820. The number of nitrogens with zero attached hydrogens (tertiary/aromatic N) is 1. The number of halogens is 2. The molecule has 21 heavy (non-hydrogen) atoms. The summed E-state index contributed by atoms with van der Waals surface area (Å²) >= 11 is 12.0. The van der Waals surface area contributed by atoms with Crippen LogP contribution in [0.5, 0.6) is 0 Å². The standard InChI is InChI=1S/C13H16Cl2N2O3S/c1-13(2)4-3-5-17(13)12(18)9-6-8(21(16,19)20)7-10(14)11(9)15/h6-7H,3-5H2,1-2H3,(H2,16,19,20). The molecule has 0 aromatic heterocycles. The van der Waals surface area contributed by atoms with Crippen molar-refractivity contribution in [3.63, 3.8) is 0 Å². The van der Waals surface area contributed by atoms with Crippen molar-refractivity contribution in [3.05, 3.63) is 27.7 Å². The van der Waals surface area contributed by atoms with Gasteiger partial charge in [-0.15, -0.1) is 0 Å². The summed E-state index contributed by atoms with van der Waals surface area (Å²) in [5, 5.41) is 5.13. The average Bonchev–Trinajstić information content (AvgIpc) is 2.70. The monoisotopic (exact) mass is 350 g/mol. The molecule has 2 rings (SSSR count). The highest BCUT2D eigenvalue weighted by molar-refractivity contribution is 7.89. The van der Waals surface area contributed by atoms with E-state index >= 15 is 0 Å². The molecular formula is C13H16Cl2N2O3S.